The van der Waals surface area contributed by atoms with Crippen LogP contribution >= 0.6 is 7.82 Å². The number of alkyl halides is 1. The van der Waals surface area contributed by atoms with E-state index in [0.717, 1.165) is 0 Å². The molecule has 0 spiro atoms. The predicted molar refractivity (Wildman–Crippen MR) is 111 cm³/mol. The van der Waals surface area contributed by atoms with Crippen LogP contribution in [0.2, 0.25) is 0 Å². The molecule has 4 N–H and O–H groups in total. The van der Waals surface area contributed by atoms with E-state index in [1.165, 1.54) is 18.2 Å². The minimum atomic E-state index is -4.93. The zero-order chi connectivity index (χ0) is 23.9. The van der Waals surface area contributed by atoms with Gasteiger partial charge < -0.3 is 20.0 Å². The second kappa shape index (κ2) is 7.14. The number of fused-ring (bicyclic) bond motifs is 5. The topological polar surface area (TPSA) is 141 Å². The van der Waals surface area contributed by atoms with E-state index >= 15 is 4.39 Å². The third-order valence-corrected chi connectivity index (χ3v) is 9.48. The number of aliphatic hydroxyl groups is 2. The number of allylic oxidation sites excluding steroid dienone is 4. The number of carbonyl (C=O) groups is 2. The molecule has 8 nitrogen and oxygen atoms in total. The largest absolute Gasteiger partial charge is 0.470 e. The Kier molecular flexibility index (Phi) is 5.34. The summed E-state index contributed by atoms with van der Waals surface area (Å²) in [6, 6.07) is 0. The minimum absolute atomic E-state index is 0.211. The highest BCUT2D eigenvalue weighted by atomic mass is 31.2. The summed E-state index contributed by atoms with van der Waals surface area (Å²) >= 11 is 0. The Morgan fingerprint density at radius 2 is 1.97 bits per heavy atom. The number of aliphatic hydroxyl groups excluding tert-OH is 1. The van der Waals surface area contributed by atoms with Gasteiger partial charge in [0.1, 0.15) is 12.2 Å². The van der Waals surface area contributed by atoms with Gasteiger partial charge >= 0.3 is 7.82 Å². The van der Waals surface area contributed by atoms with Gasteiger partial charge in [0.25, 0.3) is 0 Å². The van der Waals surface area contributed by atoms with E-state index in [9.17, 15) is 24.4 Å². The molecule has 4 aliphatic carbocycles. The zero-order valence-corrected chi connectivity index (χ0v) is 19.2. The second-order valence-electron chi connectivity index (χ2n) is 10.4. The lowest BCUT2D eigenvalue weighted by Gasteiger charge is -2.62. The van der Waals surface area contributed by atoms with Crippen molar-refractivity contribution in [3.05, 3.63) is 23.8 Å². The number of hydrogen-bond acceptors (Lipinski definition) is 6. The van der Waals surface area contributed by atoms with Crippen LogP contribution in [0.3, 0.4) is 0 Å². The molecule has 0 aliphatic heterocycles. The molecular formula is C22H30FO8P. The van der Waals surface area contributed by atoms with Gasteiger partial charge in [-0.2, -0.15) is 0 Å². The smallest absolute Gasteiger partial charge is 0.390 e. The number of phosphoric acid groups is 1. The highest BCUT2D eigenvalue weighted by Crippen LogP contribution is 2.70. The number of phosphoric ester groups is 1. The molecule has 8 atom stereocenters. The summed E-state index contributed by atoms with van der Waals surface area (Å²) in [5, 5.41) is 22.8. The maximum Gasteiger partial charge on any atom is 0.470 e. The first-order valence-corrected chi connectivity index (χ1v) is 12.4. The van der Waals surface area contributed by atoms with Crippen LogP contribution in [0.25, 0.3) is 0 Å². The van der Waals surface area contributed by atoms with Crippen LogP contribution in [0.5, 0.6) is 0 Å². The van der Waals surface area contributed by atoms with Gasteiger partial charge in [-0.1, -0.05) is 25.5 Å². The molecule has 0 aromatic heterocycles. The lowest BCUT2D eigenvalue weighted by Crippen LogP contribution is -2.69. The summed E-state index contributed by atoms with van der Waals surface area (Å²) in [5.74, 6) is -2.87. The van der Waals surface area contributed by atoms with Crippen LogP contribution in [0.15, 0.2) is 23.8 Å². The third kappa shape index (κ3) is 2.95. The average molecular weight is 472 g/mol. The van der Waals surface area contributed by atoms with Crippen molar-refractivity contribution in [2.45, 2.75) is 63.8 Å². The zero-order valence-electron chi connectivity index (χ0n) is 18.3. The first kappa shape index (κ1) is 23.9. The van der Waals surface area contributed by atoms with Crippen LogP contribution in [-0.2, 0) is 18.7 Å². The summed E-state index contributed by atoms with van der Waals surface area (Å²) in [5.41, 5.74) is -5.88. The average Bonchev–Trinajstić information content (AvgIpc) is 2.89. The van der Waals surface area contributed by atoms with Crippen LogP contribution < -0.4 is 0 Å². The van der Waals surface area contributed by atoms with E-state index in [1.54, 1.807) is 20.8 Å². The Balaban J connectivity index is 1.74. The summed E-state index contributed by atoms with van der Waals surface area (Å²) < 4.78 is 32.5. The van der Waals surface area contributed by atoms with E-state index in [4.69, 9.17) is 9.79 Å². The molecule has 3 saturated carbocycles. The van der Waals surface area contributed by atoms with Crippen LogP contribution in [-0.4, -0.2) is 55.5 Å². The van der Waals surface area contributed by atoms with Crippen LogP contribution in [0.1, 0.15) is 46.5 Å². The molecule has 0 amide bonds. The Morgan fingerprint density at radius 3 is 2.59 bits per heavy atom. The van der Waals surface area contributed by atoms with Crippen LogP contribution in [0, 0.1) is 28.6 Å². The van der Waals surface area contributed by atoms with Crippen molar-refractivity contribution >= 4 is 19.4 Å². The number of hydrogen-bond donors (Lipinski definition) is 4. The molecule has 0 bridgehead atoms. The highest BCUT2D eigenvalue weighted by molar-refractivity contribution is 7.46. The summed E-state index contributed by atoms with van der Waals surface area (Å²) in [6.45, 7) is 4.00. The van der Waals surface area contributed by atoms with Crippen molar-refractivity contribution in [3.8, 4) is 0 Å². The van der Waals surface area contributed by atoms with Gasteiger partial charge in [-0.3, -0.25) is 14.1 Å². The van der Waals surface area contributed by atoms with E-state index in [-0.39, 0.29) is 12.2 Å². The summed E-state index contributed by atoms with van der Waals surface area (Å²) in [7, 11) is -4.93. The highest BCUT2D eigenvalue weighted by Gasteiger charge is 2.75. The Morgan fingerprint density at radius 1 is 1.31 bits per heavy atom. The molecule has 4 aliphatic rings. The van der Waals surface area contributed by atoms with Gasteiger partial charge in [-0.15, -0.1) is 0 Å². The van der Waals surface area contributed by atoms with Crippen LogP contribution in [0.4, 0.5) is 4.39 Å². The number of halogens is 1. The molecule has 0 radical (unpaired) electrons. The standard InChI is InChI=1S/C22H30FO8P/c1-12-8-16-15-5-4-13-9-14(24)6-7-19(13,2)21(15,23)17(25)10-20(16,3)22(12,27)18(26)11-31-32(28,29)30/h6-7,9,12,15-17,25,27H,4-5,8,10-11H2,1-3H3,(H2,28,29,30)/t12-,15?,16?,17-,19-,20-,21-,22-/m0/s1. The molecule has 2 unspecified atom stereocenters. The lowest BCUT2D eigenvalue weighted by atomic mass is 9.44. The molecule has 0 aromatic rings. The van der Waals surface area contributed by atoms with E-state index in [1.807, 2.05) is 0 Å². The molecule has 4 rings (SSSR count). The number of rotatable bonds is 4. The third-order valence-electron chi connectivity index (χ3n) is 9.01. The quantitative estimate of drug-likeness (QED) is 0.456. The van der Waals surface area contributed by atoms with Gasteiger partial charge in [0.15, 0.2) is 17.2 Å². The molecule has 0 aromatic carbocycles. The Hall–Kier alpha value is -1.22. The summed E-state index contributed by atoms with van der Waals surface area (Å²) in [6.07, 6.45) is 3.70. The predicted octanol–water partition coefficient (Wildman–Crippen LogP) is 2.01. The molecule has 178 valence electrons. The molecule has 32 heavy (non-hydrogen) atoms. The SMILES string of the molecule is C[C@H]1CC2C3CCC4=CC(=O)C=C[C@]4(C)[C@@]3(F)[C@@H](O)C[C@]2(C)[C@@]1(O)C(=O)COP(=O)(O)O. The van der Waals surface area contributed by atoms with Crippen molar-refractivity contribution in [1.29, 1.82) is 0 Å². The van der Waals surface area contributed by atoms with Gasteiger partial charge in [0.2, 0.25) is 0 Å². The van der Waals surface area contributed by atoms with Gasteiger partial charge in [0.05, 0.1) is 6.10 Å². The molecule has 3 fully saturated rings. The second-order valence-corrected chi connectivity index (χ2v) is 11.6. The molecule has 0 saturated heterocycles. The maximum absolute atomic E-state index is 17.0. The Labute approximate surface area is 185 Å². The summed E-state index contributed by atoms with van der Waals surface area (Å²) in [4.78, 5) is 42.8. The Bertz CT molecular complexity index is 973. The number of carbonyl (C=O) groups excluding carboxylic acids is 2. The van der Waals surface area contributed by atoms with Gasteiger partial charge in [-0.25, -0.2) is 8.96 Å². The van der Waals surface area contributed by atoms with Crippen molar-refractivity contribution in [2.24, 2.45) is 28.6 Å². The van der Waals surface area contributed by atoms with E-state index in [0.29, 0.717) is 24.8 Å². The first-order chi connectivity index (χ1) is 14.6. The fourth-order valence-electron chi connectivity index (χ4n) is 7.39. The lowest BCUT2D eigenvalue weighted by molar-refractivity contribution is -0.219. The van der Waals surface area contributed by atoms with Gasteiger partial charge in [-0.05, 0) is 56.6 Å². The van der Waals surface area contributed by atoms with Crippen molar-refractivity contribution in [2.75, 3.05) is 6.61 Å². The van der Waals surface area contributed by atoms with E-state index < -0.39 is 66.2 Å². The van der Waals surface area contributed by atoms with E-state index in [2.05, 4.69) is 4.52 Å². The van der Waals surface area contributed by atoms with Crippen molar-refractivity contribution in [3.63, 3.8) is 0 Å². The normalized spacial score (nSPS) is 48.0. The monoisotopic (exact) mass is 472 g/mol. The molecule has 0 heterocycles. The first-order valence-electron chi connectivity index (χ1n) is 10.9. The fraction of sp³-hybridized carbons (Fsp3) is 0.727. The van der Waals surface area contributed by atoms with Crippen molar-refractivity contribution in [1.82, 2.24) is 0 Å². The molecule has 10 heteroatoms. The van der Waals surface area contributed by atoms with Crippen molar-refractivity contribution < 1.29 is 43.1 Å². The maximum atomic E-state index is 17.0. The number of ketones is 2. The number of Topliss-reactive ketones (excluding diaryl/α,β-unsaturated/α-hetero) is 1. The molecular weight excluding hydrogens is 442 g/mol. The fourth-order valence-corrected chi connectivity index (χ4v) is 7.68. The van der Waals surface area contributed by atoms with Gasteiger partial charge in [0, 0.05) is 16.7 Å². The minimum Gasteiger partial charge on any atom is -0.390 e.